The molecule has 0 radical (unpaired) electrons. The minimum Gasteiger partial charge on any atom is -0.307 e. The summed E-state index contributed by atoms with van der Waals surface area (Å²) < 4.78 is 2.29. The summed E-state index contributed by atoms with van der Waals surface area (Å²) in [6, 6.07) is 8.24. The fourth-order valence-corrected chi connectivity index (χ4v) is 3.91. The monoisotopic (exact) mass is 312 g/mol. The first-order valence-electron chi connectivity index (χ1n) is 7.99. The molecular weight excluding hydrogens is 292 g/mol. The highest BCUT2D eigenvalue weighted by Gasteiger charge is 2.16. The fraction of sp³-hybridized carbons (Fsp3) is 0.412. The molecule has 4 rings (SSSR count). The van der Waals surface area contributed by atoms with Gasteiger partial charge in [-0.3, -0.25) is 0 Å². The molecule has 1 saturated heterocycles. The van der Waals surface area contributed by atoms with E-state index < -0.39 is 0 Å². The molecule has 5 heteroatoms. The average molecular weight is 312 g/mol. The summed E-state index contributed by atoms with van der Waals surface area (Å²) in [6.07, 6.45) is 5.91. The van der Waals surface area contributed by atoms with Gasteiger partial charge < -0.3 is 9.47 Å². The van der Waals surface area contributed by atoms with Crippen LogP contribution in [0.5, 0.6) is 0 Å². The lowest BCUT2D eigenvalue weighted by Gasteiger charge is -2.26. The normalized spacial score (nSPS) is 16.4. The summed E-state index contributed by atoms with van der Waals surface area (Å²) in [7, 11) is 0. The molecule has 1 aliphatic rings. The van der Waals surface area contributed by atoms with Gasteiger partial charge in [0.25, 0.3) is 0 Å². The van der Waals surface area contributed by atoms with E-state index >= 15 is 0 Å². The Hall–Kier alpha value is -1.72. The molecule has 4 heterocycles. The van der Waals surface area contributed by atoms with E-state index in [2.05, 4.69) is 38.0 Å². The highest BCUT2D eigenvalue weighted by molar-refractivity contribution is 7.13. The predicted molar refractivity (Wildman–Crippen MR) is 91.1 cm³/mol. The quantitative estimate of drug-likeness (QED) is 0.737. The van der Waals surface area contributed by atoms with E-state index in [1.54, 1.807) is 11.3 Å². The molecule has 0 bridgehead atoms. The van der Waals surface area contributed by atoms with Gasteiger partial charge >= 0.3 is 0 Å². The van der Waals surface area contributed by atoms with Crippen LogP contribution in [0.15, 0.2) is 35.8 Å². The Morgan fingerprint density at radius 1 is 1.05 bits per heavy atom. The summed E-state index contributed by atoms with van der Waals surface area (Å²) in [5.41, 5.74) is 1.99. The Morgan fingerprint density at radius 2 is 1.95 bits per heavy atom. The summed E-state index contributed by atoms with van der Waals surface area (Å²) in [5, 5.41) is 2.11. The molecule has 3 aromatic heterocycles. The van der Waals surface area contributed by atoms with Gasteiger partial charge in [-0.2, -0.15) is 0 Å². The van der Waals surface area contributed by atoms with Crippen molar-refractivity contribution in [3.63, 3.8) is 0 Å². The van der Waals surface area contributed by atoms with Crippen molar-refractivity contribution in [1.29, 1.82) is 0 Å². The van der Waals surface area contributed by atoms with Crippen molar-refractivity contribution in [1.82, 2.24) is 19.4 Å². The first kappa shape index (κ1) is 13.9. The summed E-state index contributed by atoms with van der Waals surface area (Å²) in [5.74, 6) is 1.06. The van der Waals surface area contributed by atoms with Crippen molar-refractivity contribution in [3.8, 4) is 10.7 Å². The van der Waals surface area contributed by atoms with Gasteiger partial charge in [-0.05, 0) is 49.5 Å². The van der Waals surface area contributed by atoms with Crippen molar-refractivity contribution >= 4 is 22.5 Å². The van der Waals surface area contributed by atoms with E-state index in [4.69, 9.17) is 4.98 Å². The molecule has 1 fully saturated rings. The number of imidazole rings is 1. The lowest BCUT2D eigenvalue weighted by atomic mass is 10.1. The number of rotatable bonds is 4. The van der Waals surface area contributed by atoms with E-state index in [9.17, 15) is 0 Å². The van der Waals surface area contributed by atoms with Gasteiger partial charge in [-0.25, -0.2) is 9.97 Å². The second kappa shape index (κ2) is 6.18. The molecule has 22 heavy (non-hydrogen) atoms. The largest absolute Gasteiger partial charge is 0.307 e. The van der Waals surface area contributed by atoms with Crippen molar-refractivity contribution in [2.75, 3.05) is 19.6 Å². The standard InChI is InChI=1S/C17H20N4S/c1-2-9-20(10-3-1)11-12-21-16-14(6-4-8-18-16)19-17(21)15-7-5-13-22-15/h4-8,13H,1-3,9-12H2. The smallest absolute Gasteiger partial charge is 0.160 e. The van der Waals surface area contributed by atoms with Gasteiger partial charge in [0.15, 0.2) is 11.5 Å². The number of hydrogen-bond acceptors (Lipinski definition) is 4. The maximum Gasteiger partial charge on any atom is 0.160 e. The molecule has 0 unspecified atom stereocenters. The Balaban J connectivity index is 1.66. The zero-order chi connectivity index (χ0) is 14.8. The molecule has 0 aromatic carbocycles. The number of nitrogens with zero attached hydrogens (tertiary/aromatic N) is 4. The zero-order valence-electron chi connectivity index (χ0n) is 12.6. The van der Waals surface area contributed by atoms with Crippen LogP contribution in [0.25, 0.3) is 21.9 Å². The van der Waals surface area contributed by atoms with Crippen LogP contribution in [0.3, 0.4) is 0 Å². The SMILES string of the molecule is c1csc(-c2nc3cccnc3n2CCN2CCCCC2)c1. The van der Waals surface area contributed by atoms with Gasteiger partial charge in [0.1, 0.15) is 5.52 Å². The second-order valence-corrected chi connectivity index (χ2v) is 6.76. The summed E-state index contributed by atoms with van der Waals surface area (Å²) >= 11 is 1.74. The van der Waals surface area contributed by atoms with E-state index in [1.165, 1.54) is 37.2 Å². The van der Waals surface area contributed by atoms with Crippen LogP contribution in [0.4, 0.5) is 0 Å². The minimum absolute atomic E-state index is 0.959. The molecule has 0 N–H and O–H groups in total. The maximum atomic E-state index is 4.81. The number of aromatic nitrogens is 3. The Labute approximate surface area is 134 Å². The van der Waals surface area contributed by atoms with E-state index in [1.807, 2.05) is 12.3 Å². The topological polar surface area (TPSA) is 34.0 Å². The zero-order valence-corrected chi connectivity index (χ0v) is 13.4. The van der Waals surface area contributed by atoms with Gasteiger partial charge in [0.05, 0.1) is 4.88 Å². The van der Waals surface area contributed by atoms with Gasteiger partial charge in [0, 0.05) is 19.3 Å². The number of hydrogen-bond donors (Lipinski definition) is 0. The first-order chi connectivity index (χ1) is 10.9. The molecular formula is C17H20N4S. The number of pyridine rings is 1. The van der Waals surface area contributed by atoms with Crippen molar-refractivity contribution in [2.45, 2.75) is 25.8 Å². The molecule has 0 spiro atoms. The molecule has 0 saturated carbocycles. The van der Waals surface area contributed by atoms with Crippen molar-refractivity contribution in [2.24, 2.45) is 0 Å². The maximum absolute atomic E-state index is 4.81. The van der Waals surface area contributed by atoms with Gasteiger partial charge in [0.2, 0.25) is 0 Å². The van der Waals surface area contributed by atoms with Crippen molar-refractivity contribution in [3.05, 3.63) is 35.8 Å². The fourth-order valence-electron chi connectivity index (χ4n) is 3.19. The minimum atomic E-state index is 0.959. The highest BCUT2D eigenvalue weighted by atomic mass is 32.1. The molecule has 1 aliphatic heterocycles. The third-order valence-electron chi connectivity index (χ3n) is 4.33. The average Bonchev–Trinajstić information content (AvgIpc) is 3.21. The molecule has 114 valence electrons. The molecule has 4 nitrogen and oxygen atoms in total. The van der Waals surface area contributed by atoms with Gasteiger partial charge in [-0.1, -0.05) is 12.5 Å². The van der Waals surface area contributed by atoms with E-state index in [0.29, 0.717) is 0 Å². The first-order valence-corrected chi connectivity index (χ1v) is 8.87. The number of likely N-dealkylation sites (tertiary alicyclic amines) is 1. The predicted octanol–water partition coefficient (Wildman–Crippen LogP) is 3.65. The van der Waals surface area contributed by atoms with E-state index in [-0.39, 0.29) is 0 Å². The number of thiophene rings is 1. The molecule has 3 aromatic rings. The Kier molecular flexibility index (Phi) is 3.91. The van der Waals surface area contributed by atoms with Crippen LogP contribution in [0.2, 0.25) is 0 Å². The second-order valence-electron chi connectivity index (χ2n) is 5.81. The Bertz CT molecular complexity index is 741. The van der Waals surface area contributed by atoms with Crippen LogP contribution in [-0.2, 0) is 6.54 Å². The molecule has 0 amide bonds. The van der Waals surface area contributed by atoms with Crippen LogP contribution < -0.4 is 0 Å². The third-order valence-corrected chi connectivity index (χ3v) is 5.20. The van der Waals surface area contributed by atoms with Crippen molar-refractivity contribution < 1.29 is 0 Å². The molecule has 0 aliphatic carbocycles. The van der Waals surface area contributed by atoms with Crippen LogP contribution in [0.1, 0.15) is 19.3 Å². The summed E-state index contributed by atoms with van der Waals surface area (Å²) in [6.45, 7) is 4.50. The lowest BCUT2D eigenvalue weighted by molar-refractivity contribution is 0.222. The highest BCUT2D eigenvalue weighted by Crippen LogP contribution is 2.27. The van der Waals surface area contributed by atoms with Crippen LogP contribution in [0, 0.1) is 0 Å². The van der Waals surface area contributed by atoms with Gasteiger partial charge in [-0.15, -0.1) is 11.3 Å². The van der Waals surface area contributed by atoms with E-state index in [0.717, 1.165) is 30.1 Å². The van der Waals surface area contributed by atoms with Crippen LogP contribution in [-0.4, -0.2) is 39.1 Å². The third kappa shape index (κ3) is 2.66. The number of piperidine rings is 1. The lowest BCUT2D eigenvalue weighted by Crippen LogP contribution is -2.32. The molecule has 0 atom stereocenters. The Morgan fingerprint density at radius 3 is 2.77 bits per heavy atom. The van der Waals surface area contributed by atoms with Crippen LogP contribution >= 0.6 is 11.3 Å². The number of fused-ring (bicyclic) bond motifs is 1. The summed E-state index contributed by atoms with van der Waals surface area (Å²) in [4.78, 5) is 13.2.